The molecular weight excluding hydrogens is 316 g/mol. The quantitative estimate of drug-likeness (QED) is 0.743. The number of methoxy groups -OCH3 is 1. The maximum absolute atomic E-state index is 12.3. The van der Waals surface area contributed by atoms with Gasteiger partial charge in [0.15, 0.2) is 5.78 Å². The minimum absolute atomic E-state index is 0.0728. The highest BCUT2D eigenvalue weighted by atomic mass is 16.6. The summed E-state index contributed by atoms with van der Waals surface area (Å²) in [6.07, 6.45) is -0.786. The molecule has 1 aliphatic rings. The number of benzene rings is 1. The van der Waals surface area contributed by atoms with Crippen LogP contribution >= 0.6 is 0 Å². The van der Waals surface area contributed by atoms with E-state index in [2.05, 4.69) is 4.74 Å². The van der Waals surface area contributed by atoms with Crippen molar-refractivity contribution in [2.24, 2.45) is 0 Å². The minimum atomic E-state index is -0.937. The van der Waals surface area contributed by atoms with Crippen molar-refractivity contribution in [1.29, 1.82) is 0 Å². The van der Waals surface area contributed by atoms with Crippen molar-refractivity contribution in [3.63, 3.8) is 0 Å². The largest absolute Gasteiger partial charge is 0.467 e. The Morgan fingerprint density at radius 1 is 1.25 bits per heavy atom. The molecule has 128 valence electrons. The van der Waals surface area contributed by atoms with E-state index in [1.807, 2.05) is 0 Å². The molecule has 2 amide bonds. The van der Waals surface area contributed by atoms with Crippen molar-refractivity contribution in [1.82, 2.24) is 9.80 Å². The maximum Gasteiger partial charge on any atom is 0.415 e. The molecule has 1 saturated heterocycles. The van der Waals surface area contributed by atoms with Gasteiger partial charge in [-0.15, -0.1) is 0 Å². The van der Waals surface area contributed by atoms with Gasteiger partial charge in [-0.25, -0.2) is 9.59 Å². The standard InChI is InChI=1S/C16H18N2O6/c1-17(16(22)24-12-6-4-3-5-7-12)10-14(20)18-9-11(19)8-13(18)15(21)23-2/h3-7,13H,8-10H2,1-2H3/t13-/m1/s1. The smallest absolute Gasteiger partial charge is 0.415 e. The van der Waals surface area contributed by atoms with E-state index < -0.39 is 24.0 Å². The van der Waals surface area contributed by atoms with Crippen LogP contribution in [0, 0.1) is 0 Å². The van der Waals surface area contributed by atoms with Crippen molar-refractivity contribution in [2.75, 3.05) is 27.2 Å². The zero-order valence-electron chi connectivity index (χ0n) is 13.4. The summed E-state index contributed by atoms with van der Waals surface area (Å²) >= 11 is 0. The summed E-state index contributed by atoms with van der Waals surface area (Å²) in [4.78, 5) is 49.7. The van der Waals surface area contributed by atoms with Crippen LogP contribution < -0.4 is 4.74 Å². The van der Waals surface area contributed by atoms with Crippen LogP contribution in [0.2, 0.25) is 0 Å². The van der Waals surface area contributed by atoms with Crippen molar-refractivity contribution < 1.29 is 28.7 Å². The van der Waals surface area contributed by atoms with Gasteiger partial charge in [0.1, 0.15) is 18.3 Å². The lowest BCUT2D eigenvalue weighted by molar-refractivity contribution is -0.151. The SMILES string of the molecule is COC(=O)[C@H]1CC(=O)CN1C(=O)CN(C)C(=O)Oc1ccccc1. The van der Waals surface area contributed by atoms with E-state index in [0.29, 0.717) is 5.75 Å². The number of rotatable bonds is 4. The number of esters is 1. The van der Waals surface area contributed by atoms with Gasteiger partial charge in [0, 0.05) is 13.5 Å². The minimum Gasteiger partial charge on any atom is -0.467 e. The van der Waals surface area contributed by atoms with Gasteiger partial charge >= 0.3 is 12.1 Å². The van der Waals surface area contributed by atoms with E-state index in [0.717, 1.165) is 9.80 Å². The normalized spacial score (nSPS) is 16.7. The predicted octanol–water partition coefficient (Wildman–Crippen LogP) is 0.460. The van der Waals surface area contributed by atoms with Crippen LogP contribution in [-0.4, -0.2) is 66.8 Å². The Balaban J connectivity index is 1.96. The second-order valence-corrected chi connectivity index (χ2v) is 5.34. The molecule has 0 aromatic heterocycles. The molecule has 8 nitrogen and oxygen atoms in total. The molecule has 0 spiro atoms. The molecule has 1 atom stereocenters. The molecule has 1 fully saturated rings. The van der Waals surface area contributed by atoms with Crippen molar-refractivity contribution in [2.45, 2.75) is 12.5 Å². The molecule has 8 heteroatoms. The Bertz CT molecular complexity index is 645. The molecule has 0 saturated carbocycles. The Hall–Kier alpha value is -2.90. The lowest BCUT2D eigenvalue weighted by Gasteiger charge is -2.24. The van der Waals surface area contributed by atoms with Gasteiger partial charge in [-0.3, -0.25) is 9.59 Å². The van der Waals surface area contributed by atoms with Crippen LogP contribution in [0.5, 0.6) is 5.75 Å². The van der Waals surface area contributed by atoms with E-state index in [1.165, 1.54) is 14.2 Å². The number of nitrogens with zero attached hydrogens (tertiary/aromatic N) is 2. The molecule has 1 aliphatic heterocycles. The molecule has 1 aromatic rings. The first-order valence-corrected chi connectivity index (χ1v) is 7.29. The summed E-state index contributed by atoms with van der Waals surface area (Å²) < 4.78 is 9.72. The monoisotopic (exact) mass is 334 g/mol. The zero-order valence-corrected chi connectivity index (χ0v) is 13.4. The lowest BCUT2D eigenvalue weighted by Crippen LogP contribution is -2.46. The van der Waals surface area contributed by atoms with Gasteiger partial charge in [0.25, 0.3) is 0 Å². The summed E-state index contributed by atoms with van der Waals surface area (Å²) in [5.74, 6) is -1.05. The molecule has 1 aromatic carbocycles. The number of ketones is 1. The molecule has 0 bridgehead atoms. The molecule has 24 heavy (non-hydrogen) atoms. The molecule has 0 radical (unpaired) electrons. The lowest BCUT2D eigenvalue weighted by atomic mass is 10.2. The van der Waals surface area contributed by atoms with Crippen LogP contribution in [0.15, 0.2) is 30.3 Å². The Kier molecular flexibility index (Phi) is 5.51. The second-order valence-electron chi connectivity index (χ2n) is 5.34. The number of likely N-dealkylation sites (N-methyl/N-ethyl adjacent to an activating group) is 1. The summed E-state index contributed by atoms with van der Waals surface area (Å²) in [6.45, 7) is -0.480. The molecule has 2 rings (SSSR count). The number of carbonyl (C=O) groups excluding carboxylic acids is 4. The average molecular weight is 334 g/mol. The summed E-state index contributed by atoms with van der Waals surface area (Å²) in [6, 6.07) is 7.49. The highest BCUT2D eigenvalue weighted by molar-refractivity contribution is 5.98. The van der Waals surface area contributed by atoms with E-state index in [-0.39, 0.29) is 25.3 Å². The first-order valence-electron chi connectivity index (χ1n) is 7.29. The number of amides is 2. The summed E-state index contributed by atoms with van der Waals surface area (Å²) in [7, 11) is 2.59. The highest BCUT2D eigenvalue weighted by Crippen LogP contribution is 2.16. The number of Topliss-reactive ketones (excluding diaryl/α,β-unsaturated/α-hetero) is 1. The van der Waals surface area contributed by atoms with E-state index in [1.54, 1.807) is 30.3 Å². The van der Waals surface area contributed by atoms with Crippen LogP contribution in [0.3, 0.4) is 0 Å². The van der Waals surface area contributed by atoms with Gasteiger partial charge in [-0.05, 0) is 12.1 Å². The van der Waals surface area contributed by atoms with Crippen LogP contribution in [0.1, 0.15) is 6.42 Å². The number of carbonyl (C=O) groups is 4. The third-order valence-corrected chi connectivity index (χ3v) is 3.57. The molecular formula is C16H18N2O6. The predicted molar refractivity (Wildman–Crippen MR) is 82.2 cm³/mol. The molecule has 1 heterocycles. The maximum atomic E-state index is 12.3. The second kappa shape index (κ2) is 7.58. The Morgan fingerprint density at radius 2 is 1.92 bits per heavy atom. The first kappa shape index (κ1) is 17.5. The number of hydrogen-bond acceptors (Lipinski definition) is 6. The number of para-hydroxylation sites is 1. The molecule has 0 N–H and O–H groups in total. The number of likely N-dealkylation sites (tertiary alicyclic amines) is 1. The van der Waals surface area contributed by atoms with Gasteiger partial charge < -0.3 is 19.3 Å². The highest BCUT2D eigenvalue weighted by Gasteiger charge is 2.39. The average Bonchev–Trinajstić information content (AvgIpc) is 2.97. The van der Waals surface area contributed by atoms with Gasteiger partial charge in [0.2, 0.25) is 5.91 Å². The summed E-state index contributed by atoms with van der Waals surface area (Å²) in [5.41, 5.74) is 0. The first-order chi connectivity index (χ1) is 11.4. The third kappa shape index (κ3) is 4.09. The third-order valence-electron chi connectivity index (χ3n) is 3.57. The van der Waals surface area contributed by atoms with Crippen molar-refractivity contribution >= 4 is 23.8 Å². The number of ether oxygens (including phenoxy) is 2. The van der Waals surface area contributed by atoms with E-state index >= 15 is 0 Å². The summed E-state index contributed by atoms with van der Waals surface area (Å²) in [5, 5.41) is 0. The topological polar surface area (TPSA) is 93.2 Å². The van der Waals surface area contributed by atoms with Crippen molar-refractivity contribution in [3.8, 4) is 5.75 Å². The van der Waals surface area contributed by atoms with Gasteiger partial charge in [0.05, 0.1) is 13.7 Å². The fraction of sp³-hybridized carbons (Fsp3) is 0.375. The van der Waals surface area contributed by atoms with Crippen molar-refractivity contribution in [3.05, 3.63) is 30.3 Å². The van der Waals surface area contributed by atoms with Gasteiger partial charge in [-0.1, -0.05) is 18.2 Å². The van der Waals surface area contributed by atoms with Crippen LogP contribution in [0.4, 0.5) is 4.79 Å². The van der Waals surface area contributed by atoms with Crippen LogP contribution in [0.25, 0.3) is 0 Å². The van der Waals surface area contributed by atoms with Crippen LogP contribution in [-0.2, 0) is 19.1 Å². The Labute approximate surface area is 138 Å². The van der Waals surface area contributed by atoms with E-state index in [9.17, 15) is 19.2 Å². The fourth-order valence-corrected chi connectivity index (χ4v) is 2.32. The molecule has 0 unspecified atom stereocenters. The zero-order chi connectivity index (χ0) is 17.7. The van der Waals surface area contributed by atoms with E-state index in [4.69, 9.17) is 4.74 Å². The number of hydrogen-bond donors (Lipinski definition) is 0. The fourth-order valence-electron chi connectivity index (χ4n) is 2.32. The molecule has 0 aliphatic carbocycles. The Morgan fingerprint density at radius 3 is 2.54 bits per heavy atom. The van der Waals surface area contributed by atoms with Gasteiger partial charge in [-0.2, -0.15) is 0 Å².